The van der Waals surface area contributed by atoms with Gasteiger partial charge in [0.2, 0.25) is 11.8 Å². The first kappa shape index (κ1) is 15.2. The zero-order chi connectivity index (χ0) is 16.2. The van der Waals surface area contributed by atoms with E-state index >= 15 is 0 Å². The van der Waals surface area contributed by atoms with Crippen LogP contribution < -0.4 is 0 Å². The Morgan fingerprint density at radius 2 is 1.87 bits per heavy atom. The van der Waals surface area contributed by atoms with Crippen molar-refractivity contribution in [3.63, 3.8) is 0 Å². The van der Waals surface area contributed by atoms with Crippen LogP contribution in [-0.2, 0) is 9.59 Å². The first-order valence-corrected chi connectivity index (χ1v) is 9.23. The lowest BCUT2D eigenvalue weighted by Gasteiger charge is -2.35. The third-order valence-corrected chi connectivity index (χ3v) is 7.41. The van der Waals surface area contributed by atoms with Crippen molar-refractivity contribution in [3.8, 4) is 0 Å². The van der Waals surface area contributed by atoms with Crippen molar-refractivity contribution >= 4 is 11.8 Å². The van der Waals surface area contributed by atoms with Gasteiger partial charge in [0, 0.05) is 32.1 Å². The molecule has 4 aliphatic rings. The molecule has 126 valence electrons. The molecule has 2 aliphatic heterocycles. The lowest BCUT2D eigenvalue weighted by molar-refractivity contribution is -0.139. The monoisotopic (exact) mass is 316 g/mol. The van der Waals surface area contributed by atoms with Crippen LogP contribution in [-0.4, -0.2) is 47.8 Å². The van der Waals surface area contributed by atoms with E-state index in [0.29, 0.717) is 24.4 Å². The maximum atomic E-state index is 13.0. The number of nitrogens with zero attached hydrogens (tertiary/aromatic N) is 2. The maximum absolute atomic E-state index is 13.0. The summed E-state index contributed by atoms with van der Waals surface area (Å²) in [5.41, 5.74) is 0.387. The number of rotatable bonds is 2. The fraction of sp³-hybridized carbons (Fsp3) is 0.789. The molecule has 0 unspecified atom stereocenters. The molecule has 2 saturated heterocycles. The summed E-state index contributed by atoms with van der Waals surface area (Å²) in [6.07, 6.45) is 7.16. The van der Waals surface area contributed by atoms with Crippen molar-refractivity contribution in [1.29, 1.82) is 0 Å². The Labute approximate surface area is 138 Å². The summed E-state index contributed by atoms with van der Waals surface area (Å²) in [7, 11) is 0. The second-order valence-corrected chi connectivity index (χ2v) is 8.40. The second-order valence-electron chi connectivity index (χ2n) is 8.40. The van der Waals surface area contributed by atoms with Crippen LogP contribution in [0.5, 0.6) is 0 Å². The quantitative estimate of drug-likeness (QED) is 0.734. The van der Waals surface area contributed by atoms with E-state index in [9.17, 15) is 9.59 Å². The zero-order valence-electron chi connectivity index (χ0n) is 14.2. The van der Waals surface area contributed by atoms with Crippen molar-refractivity contribution in [2.45, 2.75) is 39.0 Å². The van der Waals surface area contributed by atoms with E-state index in [4.69, 9.17) is 0 Å². The summed E-state index contributed by atoms with van der Waals surface area (Å²) in [6, 6.07) is 0. The number of fused-ring (bicyclic) bond motifs is 5. The third-order valence-electron chi connectivity index (χ3n) is 7.41. The van der Waals surface area contributed by atoms with Gasteiger partial charge in [-0.3, -0.25) is 9.59 Å². The molecule has 0 aromatic rings. The molecular weight excluding hydrogens is 288 g/mol. The van der Waals surface area contributed by atoms with Gasteiger partial charge in [0.15, 0.2) is 0 Å². The smallest absolute Gasteiger partial charge is 0.245 e. The predicted octanol–water partition coefficient (Wildman–Crippen LogP) is 2.31. The van der Waals surface area contributed by atoms with E-state index in [2.05, 4.69) is 18.4 Å². The van der Waals surface area contributed by atoms with Crippen molar-refractivity contribution in [2.24, 2.45) is 29.1 Å². The summed E-state index contributed by atoms with van der Waals surface area (Å²) >= 11 is 0. The fourth-order valence-corrected chi connectivity index (χ4v) is 6.04. The van der Waals surface area contributed by atoms with Gasteiger partial charge in [0.1, 0.15) is 0 Å². The van der Waals surface area contributed by atoms with Crippen LogP contribution in [0, 0.1) is 29.1 Å². The summed E-state index contributed by atoms with van der Waals surface area (Å²) < 4.78 is 0. The molecule has 23 heavy (non-hydrogen) atoms. The van der Waals surface area contributed by atoms with Gasteiger partial charge in [-0.15, -0.1) is 0 Å². The van der Waals surface area contributed by atoms with E-state index in [1.54, 1.807) is 0 Å². The zero-order valence-corrected chi connectivity index (χ0v) is 14.2. The molecule has 0 N–H and O–H groups in total. The topological polar surface area (TPSA) is 40.6 Å². The molecule has 4 atom stereocenters. The molecule has 4 heteroatoms. The largest absolute Gasteiger partial charge is 0.342 e. The van der Waals surface area contributed by atoms with Gasteiger partial charge >= 0.3 is 0 Å². The van der Waals surface area contributed by atoms with Gasteiger partial charge in [-0.1, -0.05) is 13.5 Å². The van der Waals surface area contributed by atoms with Gasteiger partial charge < -0.3 is 9.80 Å². The minimum absolute atomic E-state index is 0.00399. The fourth-order valence-electron chi connectivity index (χ4n) is 6.04. The molecule has 2 bridgehead atoms. The van der Waals surface area contributed by atoms with Gasteiger partial charge in [0.25, 0.3) is 0 Å². The number of hydrogen-bond donors (Lipinski definition) is 0. The van der Waals surface area contributed by atoms with Crippen LogP contribution >= 0.6 is 0 Å². The minimum Gasteiger partial charge on any atom is -0.342 e. The number of carbonyl (C=O) groups is 2. The molecule has 2 aliphatic carbocycles. The Kier molecular flexibility index (Phi) is 3.54. The highest BCUT2D eigenvalue weighted by atomic mass is 16.2. The van der Waals surface area contributed by atoms with Gasteiger partial charge in [0.05, 0.1) is 0 Å². The van der Waals surface area contributed by atoms with Gasteiger partial charge in [-0.25, -0.2) is 0 Å². The average molecular weight is 316 g/mol. The molecule has 0 aromatic heterocycles. The van der Waals surface area contributed by atoms with Crippen LogP contribution in [0.15, 0.2) is 12.7 Å². The number of hydrogen-bond acceptors (Lipinski definition) is 2. The molecule has 0 aromatic carbocycles. The lowest BCUT2D eigenvalue weighted by Crippen LogP contribution is -2.44. The number of piperidine rings is 1. The molecule has 4 fully saturated rings. The van der Waals surface area contributed by atoms with E-state index < -0.39 is 0 Å². The number of carbonyl (C=O) groups excluding carboxylic acids is 2. The Balaban J connectivity index is 1.38. The van der Waals surface area contributed by atoms with Crippen LogP contribution in [0.2, 0.25) is 0 Å². The Morgan fingerprint density at radius 1 is 1.13 bits per heavy atom. The normalized spacial score (nSPS) is 39.6. The van der Waals surface area contributed by atoms with Crippen molar-refractivity contribution in [3.05, 3.63) is 12.7 Å². The highest BCUT2D eigenvalue weighted by Gasteiger charge is 2.60. The summed E-state index contributed by atoms with van der Waals surface area (Å²) in [5.74, 6) is 2.93. The third kappa shape index (κ3) is 2.25. The molecule has 4 rings (SSSR count). The second kappa shape index (κ2) is 5.35. The SMILES string of the molecule is C=CC(=O)N1CCC(C(=O)N2C[C@H]3[C@H]4CC[C@H](C4)[C@@]3(C)C2)CC1. The maximum Gasteiger partial charge on any atom is 0.245 e. The molecule has 4 nitrogen and oxygen atoms in total. The van der Waals surface area contributed by atoms with E-state index in [1.165, 1.54) is 25.3 Å². The highest BCUT2D eigenvalue weighted by Crippen LogP contribution is 2.62. The van der Waals surface area contributed by atoms with Crippen molar-refractivity contribution in [2.75, 3.05) is 26.2 Å². The summed E-state index contributed by atoms with van der Waals surface area (Å²) in [5, 5.41) is 0. The molecule has 2 saturated carbocycles. The van der Waals surface area contributed by atoms with E-state index in [1.807, 2.05) is 4.90 Å². The van der Waals surface area contributed by atoms with E-state index in [0.717, 1.165) is 43.7 Å². The Hall–Kier alpha value is -1.32. The number of amides is 2. The van der Waals surface area contributed by atoms with Crippen molar-refractivity contribution in [1.82, 2.24) is 9.80 Å². The van der Waals surface area contributed by atoms with Gasteiger partial charge in [-0.05, 0) is 61.3 Å². The summed E-state index contributed by atoms with van der Waals surface area (Å²) in [4.78, 5) is 28.6. The van der Waals surface area contributed by atoms with Crippen LogP contribution in [0.4, 0.5) is 0 Å². The molecule has 2 amide bonds. The molecule has 2 heterocycles. The molecule has 0 radical (unpaired) electrons. The standard InChI is InChI=1S/C19H28N2O2/c1-3-17(22)20-8-6-13(7-9-20)18(23)21-11-16-14-4-5-15(10-14)19(16,2)12-21/h3,13-16H,1,4-12H2,2H3/t14-,15+,16-,19+/m0/s1. The Morgan fingerprint density at radius 3 is 2.52 bits per heavy atom. The van der Waals surface area contributed by atoms with Crippen LogP contribution in [0.3, 0.4) is 0 Å². The summed E-state index contributed by atoms with van der Waals surface area (Å²) in [6.45, 7) is 9.33. The minimum atomic E-state index is -0.00399. The Bertz CT molecular complexity index is 537. The number of likely N-dealkylation sites (tertiary alicyclic amines) is 2. The molecule has 0 spiro atoms. The average Bonchev–Trinajstić information content (AvgIpc) is 3.24. The van der Waals surface area contributed by atoms with Crippen LogP contribution in [0.1, 0.15) is 39.0 Å². The van der Waals surface area contributed by atoms with E-state index in [-0.39, 0.29) is 11.8 Å². The van der Waals surface area contributed by atoms with Gasteiger partial charge in [-0.2, -0.15) is 0 Å². The highest BCUT2D eigenvalue weighted by molar-refractivity contribution is 5.87. The predicted molar refractivity (Wildman–Crippen MR) is 88.5 cm³/mol. The molecular formula is C19H28N2O2. The lowest BCUT2D eigenvalue weighted by atomic mass is 9.70. The first-order valence-electron chi connectivity index (χ1n) is 9.23. The van der Waals surface area contributed by atoms with Crippen molar-refractivity contribution < 1.29 is 9.59 Å². The van der Waals surface area contributed by atoms with Crippen LogP contribution in [0.25, 0.3) is 0 Å². The first-order chi connectivity index (χ1) is 11.0.